The summed E-state index contributed by atoms with van der Waals surface area (Å²) in [6, 6.07) is 0. The average molecular weight is 276 g/mol. The fourth-order valence-corrected chi connectivity index (χ4v) is 2.72. The van der Waals surface area contributed by atoms with E-state index in [4.69, 9.17) is 4.74 Å². The molecule has 1 N–H and O–H groups in total. The Labute approximate surface area is 118 Å². The SMILES string of the molecule is O=C(CN1CCOC(C2CCC2)C1)Nc1cnccn1. The summed E-state index contributed by atoms with van der Waals surface area (Å²) in [5, 5.41) is 2.77. The fraction of sp³-hybridized carbons (Fsp3) is 0.643. The van der Waals surface area contributed by atoms with Crippen molar-refractivity contribution in [2.24, 2.45) is 5.92 Å². The van der Waals surface area contributed by atoms with Gasteiger partial charge in [-0.1, -0.05) is 6.42 Å². The van der Waals surface area contributed by atoms with Gasteiger partial charge in [-0.2, -0.15) is 0 Å². The quantitative estimate of drug-likeness (QED) is 0.885. The van der Waals surface area contributed by atoms with Crippen LogP contribution in [0.2, 0.25) is 0 Å². The molecule has 1 aliphatic heterocycles. The Morgan fingerprint density at radius 1 is 1.45 bits per heavy atom. The Kier molecular flexibility index (Phi) is 4.22. The summed E-state index contributed by atoms with van der Waals surface area (Å²) in [4.78, 5) is 22.1. The van der Waals surface area contributed by atoms with Crippen molar-refractivity contribution < 1.29 is 9.53 Å². The van der Waals surface area contributed by atoms with Crippen molar-refractivity contribution >= 4 is 11.7 Å². The number of hydrogen-bond donors (Lipinski definition) is 1. The molecule has 1 aromatic rings. The molecule has 1 aliphatic carbocycles. The molecule has 1 saturated carbocycles. The molecule has 3 rings (SSSR count). The van der Waals surface area contributed by atoms with E-state index in [0.29, 0.717) is 24.4 Å². The normalized spacial score (nSPS) is 24.1. The van der Waals surface area contributed by atoms with Crippen LogP contribution in [0.25, 0.3) is 0 Å². The molecule has 20 heavy (non-hydrogen) atoms. The third kappa shape index (κ3) is 3.32. The van der Waals surface area contributed by atoms with Crippen LogP contribution in [-0.2, 0) is 9.53 Å². The van der Waals surface area contributed by atoms with E-state index < -0.39 is 0 Å². The van der Waals surface area contributed by atoms with Gasteiger partial charge < -0.3 is 10.1 Å². The molecule has 1 atom stereocenters. The molecule has 2 aliphatic rings. The number of hydrogen-bond acceptors (Lipinski definition) is 5. The van der Waals surface area contributed by atoms with Gasteiger partial charge >= 0.3 is 0 Å². The molecule has 1 amide bonds. The number of amides is 1. The van der Waals surface area contributed by atoms with Crippen LogP contribution in [0.3, 0.4) is 0 Å². The Morgan fingerprint density at radius 3 is 3.05 bits per heavy atom. The van der Waals surface area contributed by atoms with Gasteiger partial charge in [0.1, 0.15) is 0 Å². The average Bonchev–Trinajstić information content (AvgIpc) is 2.38. The minimum Gasteiger partial charge on any atom is -0.375 e. The topological polar surface area (TPSA) is 67.3 Å². The van der Waals surface area contributed by atoms with Crippen LogP contribution in [0.4, 0.5) is 5.82 Å². The van der Waals surface area contributed by atoms with Gasteiger partial charge in [0.2, 0.25) is 5.91 Å². The maximum absolute atomic E-state index is 12.0. The van der Waals surface area contributed by atoms with Crippen LogP contribution < -0.4 is 5.32 Å². The largest absolute Gasteiger partial charge is 0.375 e. The maximum atomic E-state index is 12.0. The van der Waals surface area contributed by atoms with Crippen molar-refractivity contribution in [3.63, 3.8) is 0 Å². The number of morpholine rings is 1. The molecule has 0 bridgehead atoms. The molecule has 6 nitrogen and oxygen atoms in total. The molecule has 0 aromatic carbocycles. The third-order valence-electron chi connectivity index (χ3n) is 4.05. The summed E-state index contributed by atoms with van der Waals surface area (Å²) in [7, 11) is 0. The number of carbonyl (C=O) groups is 1. The van der Waals surface area contributed by atoms with Crippen LogP contribution in [0.1, 0.15) is 19.3 Å². The minimum atomic E-state index is -0.0419. The Balaban J connectivity index is 1.48. The lowest BCUT2D eigenvalue weighted by Crippen LogP contribution is -2.49. The van der Waals surface area contributed by atoms with Crippen LogP contribution in [0.15, 0.2) is 18.6 Å². The van der Waals surface area contributed by atoms with Crippen molar-refractivity contribution in [2.75, 3.05) is 31.6 Å². The molecule has 2 heterocycles. The van der Waals surface area contributed by atoms with E-state index in [2.05, 4.69) is 20.2 Å². The van der Waals surface area contributed by atoms with Gasteiger partial charge in [0.25, 0.3) is 0 Å². The molecule has 0 radical (unpaired) electrons. The minimum absolute atomic E-state index is 0.0419. The zero-order valence-corrected chi connectivity index (χ0v) is 11.5. The summed E-state index contributed by atoms with van der Waals surface area (Å²) >= 11 is 0. The molecule has 1 saturated heterocycles. The molecule has 1 aromatic heterocycles. The number of ether oxygens (including phenoxy) is 1. The van der Waals surface area contributed by atoms with Crippen LogP contribution >= 0.6 is 0 Å². The highest BCUT2D eigenvalue weighted by atomic mass is 16.5. The first-order valence-electron chi connectivity index (χ1n) is 7.21. The Bertz CT molecular complexity index is 450. The van der Waals surface area contributed by atoms with Gasteiger partial charge in [-0.15, -0.1) is 0 Å². The second kappa shape index (κ2) is 6.28. The molecule has 108 valence electrons. The summed E-state index contributed by atoms with van der Waals surface area (Å²) in [6.07, 6.45) is 8.86. The molecule has 6 heteroatoms. The van der Waals surface area contributed by atoms with Crippen LogP contribution in [0, 0.1) is 5.92 Å². The summed E-state index contributed by atoms with van der Waals surface area (Å²) in [5.41, 5.74) is 0. The Hall–Kier alpha value is -1.53. The third-order valence-corrected chi connectivity index (χ3v) is 4.05. The molecular formula is C14H20N4O2. The van der Waals surface area contributed by atoms with Gasteiger partial charge in [-0.25, -0.2) is 4.98 Å². The van der Waals surface area contributed by atoms with Crippen LogP contribution in [-0.4, -0.2) is 53.1 Å². The van der Waals surface area contributed by atoms with Gasteiger partial charge in [0.05, 0.1) is 25.5 Å². The predicted octanol–water partition coefficient (Wildman–Crippen LogP) is 0.916. The van der Waals surface area contributed by atoms with E-state index in [0.717, 1.165) is 19.7 Å². The van der Waals surface area contributed by atoms with E-state index in [1.54, 1.807) is 18.6 Å². The van der Waals surface area contributed by atoms with Crippen molar-refractivity contribution in [3.05, 3.63) is 18.6 Å². The van der Waals surface area contributed by atoms with Crippen molar-refractivity contribution in [1.29, 1.82) is 0 Å². The summed E-state index contributed by atoms with van der Waals surface area (Å²) in [6.45, 7) is 2.79. The summed E-state index contributed by atoms with van der Waals surface area (Å²) < 4.78 is 5.82. The van der Waals surface area contributed by atoms with Gasteiger partial charge in [0.15, 0.2) is 5.82 Å². The number of rotatable bonds is 4. The van der Waals surface area contributed by atoms with Crippen molar-refractivity contribution in [1.82, 2.24) is 14.9 Å². The zero-order valence-electron chi connectivity index (χ0n) is 11.5. The van der Waals surface area contributed by atoms with Gasteiger partial charge in [-0.05, 0) is 18.8 Å². The number of aromatic nitrogens is 2. The molecule has 1 unspecified atom stereocenters. The Morgan fingerprint density at radius 2 is 2.35 bits per heavy atom. The van der Waals surface area contributed by atoms with Crippen molar-refractivity contribution in [2.45, 2.75) is 25.4 Å². The van der Waals surface area contributed by atoms with Gasteiger partial charge in [0, 0.05) is 25.5 Å². The lowest BCUT2D eigenvalue weighted by Gasteiger charge is -2.40. The number of nitrogens with zero attached hydrogens (tertiary/aromatic N) is 3. The standard InChI is InChI=1S/C14H20N4O2/c19-14(17-13-8-15-4-5-16-13)10-18-6-7-20-12(9-18)11-2-1-3-11/h4-5,8,11-12H,1-3,6-7,9-10H2,(H,16,17,19). The van der Waals surface area contributed by atoms with E-state index in [-0.39, 0.29) is 5.91 Å². The van der Waals surface area contributed by atoms with E-state index >= 15 is 0 Å². The molecule has 0 spiro atoms. The summed E-state index contributed by atoms with van der Waals surface area (Å²) in [5.74, 6) is 1.15. The smallest absolute Gasteiger partial charge is 0.239 e. The maximum Gasteiger partial charge on any atom is 0.239 e. The highest BCUT2D eigenvalue weighted by Gasteiger charge is 2.32. The lowest BCUT2D eigenvalue weighted by molar-refractivity contribution is -0.121. The van der Waals surface area contributed by atoms with E-state index in [1.807, 2.05) is 0 Å². The monoisotopic (exact) mass is 276 g/mol. The highest BCUT2D eigenvalue weighted by molar-refractivity contribution is 5.91. The first kappa shape index (κ1) is 13.5. The van der Waals surface area contributed by atoms with Crippen molar-refractivity contribution in [3.8, 4) is 0 Å². The lowest BCUT2D eigenvalue weighted by atomic mass is 9.80. The molecular weight excluding hydrogens is 256 g/mol. The first-order valence-corrected chi connectivity index (χ1v) is 7.21. The van der Waals surface area contributed by atoms with Gasteiger partial charge in [-0.3, -0.25) is 14.7 Å². The predicted molar refractivity (Wildman–Crippen MR) is 74.2 cm³/mol. The molecule has 2 fully saturated rings. The van der Waals surface area contributed by atoms with E-state index in [9.17, 15) is 4.79 Å². The second-order valence-corrected chi connectivity index (χ2v) is 5.47. The number of carbonyl (C=O) groups excluding carboxylic acids is 1. The number of nitrogens with one attached hydrogen (secondary N) is 1. The highest BCUT2D eigenvalue weighted by Crippen LogP contribution is 2.32. The number of anilines is 1. The van der Waals surface area contributed by atoms with E-state index in [1.165, 1.54) is 19.3 Å². The van der Waals surface area contributed by atoms with Crippen LogP contribution in [0.5, 0.6) is 0 Å². The fourth-order valence-electron chi connectivity index (χ4n) is 2.72. The first-order chi connectivity index (χ1) is 9.81. The second-order valence-electron chi connectivity index (χ2n) is 5.47. The zero-order chi connectivity index (χ0) is 13.8.